The fraction of sp³-hybridized carbons (Fsp3) is 0.385. The highest BCUT2D eigenvalue weighted by atomic mass is 16.5. The number of rotatable bonds is 6. The Morgan fingerprint density at radius 2 is 2.05 bits per heavy atom. The molecule has 1 aromatic heterocycles. The van der Waals surface area contributed by atoms with Crippen LogP contribution in [0.5, 0.6) is 0 Å². The van der Waals surface area contributed by atoms with Crippen LogP contribution < -0.4 is 11.3 Å². The molecule has 6 heteroatoms. The Morgan fingerprint density at radius 3 is 2.68 bits per heavy atom. The number of para-hydroxylation sites is 1. The number of benzene rings is 1. The fourth-order valence-corrected chi connectivity index (χ4v) is 1.63. The Morgan fingerprint density at radius 1 is 1.32 bits per heavy atom. The summed E-state index contributed by atoms with van der Waals surface area (Å²) >= 11 is 0. The van der Waals surface area contributed by atoms with Gasteiger partial charge in [-0.15, -0.1) is 0 Å². The Balaban J connectivity index is 2.11. The van der Waals surface area contributed by atoms with Crippen LogP contribution in [0.25, 0.3) is 5.69 Å². The van der Waals surface area contributed by atoms with E-state index in [-0.39, 0.29) is 12.1 Å². The van der Waals surface area contributed by atoms with E-state index in [2.05, 4.69) is 15.6 Å². The van der Waals surface area contributed by atoms with E-state index in [9.17, 15) is 0 Å². The second-order valence-electron chi connectivity index (χ2n) is 4.50. The van der Waals surface area contributed by atoms with Crippen molar-refractivity contribution in [3.63, 3.8) is 0 Å². The lowest BCUT2D eigenvalue weighted by Crippen LogP contribution is -2.32. The zero-order valence-corrected chi connectivity index (χ0v) is 11.2. The van der Waals surface area contributed by atoms with Gasteiger partial charge in [0.1, 0.15) is 5.69 Å². The van der Waals surface area contributed by atoms with Crippen molar-refractivity contribution in [2.24, 2.45) is 5.84 Å². The van der Waals surface area contributed by atoms with Crippen molar-refractivity contribution in [3.8, 4) is 5.69 Å². The largest absolute Gasteiger partial charge is 0.377 e. The van der Waals surface area contributed by atoms with E-state index in [1.165, 1.54) is 0 Å². The van der Waals surface area contributed by atoms with Crippen LogP contribution in [0.1, 0.15) is 25.6 Å². The average molecular weight is 261 g/mol. The number of ether oxygens (including phenoxy) is 1. The molecule has 19 heavy (non-hydrogen) atoms. The third kappa shape index (κ3) is 3.60. The molecule has 1 aromatic carbocycles. The molecule has 0 aliphatic rings. The Hall–Kier alpha value is -1.76. The van der Waals surface area contributed by atoms with Crippen LogP contribution in [0.15, 0.2) is 36.5 Å². The van der Waals surface area contributed by atoms with Crippen LogP contribution >= 0.6 is 0 Å². The van der Waals surface area contributed by atoms with Crippen molar-refractivity contribution < 1.29 is 4.74 Å². The summed E-state index contributed by atoms with van der Waals surface area (Å²) < 4.78 is 5.54. The van der Waals surface area contributed by atoms with E-state index in [1.54, 1.807) is 11.0 Å². The first kappa shape index (κ1) is 13.7. The third-order valence-corrected chi connectivity index (χ3v) is 2.65. The van der Waals surface area contributed by atoms with Gasteiger partial charge in [0.15, 0.2) is 0 Å². The van der Waals surface area contributed by atoms with Crippen LogP contribution in [-0.2, 0) is 4.74 Å². The Labute approximate surface area is 112 Å². The summed E-state index contributed by atoms with van der Waals surface area (Å²) in [4.78, 5) is 1.58. The molecule has 0 aliphatic heterocycles. The van der Waals surface area contributed by atoms with Gasteiger partial charge in [0.05, 0.1) is 30.6 Å². The smallest absolute Gasteiger partial charge is 0.104 e. The monoisotopic (exact) mass is 261 g/mol. The van der Waals surface area contributed by atoms with Crippen molar-refractivity contribution in [2.75, 3.05) is 6.61 Å². The Kier molecular flexibility index (Phi) is 4.62. The first-order chi connectivity index (χ1) is 9.20. The molecule has 0 fully saturated rings. The van der Waals surface area contributed by atoms with Gasteiger partial charge in [0.2, 0.25) is 0 Å². The minimum absolute atomic E-state index is 0.153. The highest BCUT2D eigenvalue weighted by Gasteiger charge is 2.15. The van der Waals surface area contributed by atoms with Crippen LogP contribution in [0.4, 0.5) is 0 Å². The van der Waals surface area contributed by atoms with Gasteiger partial charge in [-0.1, -0.05) is 18.2 Å². The SMILES string of the molecule is CC(C)OCC(NN)c1cnn(-c2ccccc2)n1. The molecule has 2 aromatic rings. The quantitative estimate of drug-likeness (QED) is 0.603. The minimum Gasteiger partial charge on any atom is -0.377 e. The molecule has 2 rings (SSSR count). The topological polar surface area (TPSA) is 78.0 Å². The molecule has 0 saturated carbocycles. The molecular formula is C13H19N5O. The normalized spacial score (nSPS) is 12.8. The first-order valence-electron chi connectivity index (χ1n) is 6.26. The molecule has 1 unspecified atom stereocenters. The Bertz CT molecular complexity index is 497. The molecule has 0 spiro atoms. The summed E-state index contributed by atoms with van der Waals surface area (Å²) in [5.74, 6) is 5.53. The predicted octanol–water partition coefficient (Wildman–Crippen LogP) is 1.20. The summed E-state index contributed by atoms with van der Waals surface area (Å²) in [7, 11) is 0. The highest BCUT2D eigenvalue weighted by molar-refractivity contribution is 5.28. The summed E-state index contributed by atoms with van der Waals surface area (Å²) in [6.07, 6.45) is 1.85. The summed E-state index contributed by atoms with van der Waals surface area (Å²) in [5, 5.41) is 8.65. The minimum atomic E-state index is -0.167. The average Bonchev–Trinajstić information content (AvgIpc) is 2.90. The number of nitrogens with one attached hydrogen (secondary N) is 1. The molecule has 3 N–H and O–H groups in total. The van der Waals surface area contributed by atoms with Gasteiger partial charge in [-0.2, -0.15) is 15.0 Å². The summed E-state index contributed by atoms with van der Waals surface area (Å²) in [5.41, 5.74) is 4.37. The van der Waals surface area contributed by atoms with Crippen LogP contribution in [0.2, 0.25) is 0 Å². The third-order valence-electron chi connectivity index (χ3n) is 2.65. The first-order valence-corrected chi connectivity index (χ1v) is 6.26. The van der Waals surface area contributed by atoms with E-state index in [4.69, 9.17) is 10.6 Å². The molecule has 102 valence electrons. The van der Waals surface area contributed by atoms with E-state index >= 15 is 0 Å². The van der Waals surface area contributed by atoms with Gasteiger partial charge < -0.3 is 4.74 Å². The van der Waals surface area contributed by atoms with E-state index < -0.39 is 0 Å². The molecule has 0 radical (unpaired) electrons. The molecule has 1 atom stereocenters. The molecule has 0 saturated heterocycles. The molecule has 1 heterocycles. The fourth-order valence-electron chi connectivity index (χ4n) is 1.63. The van der Waals surface area contributed by atoms with Gasteiger partial charge in [0.25, 0.3) is 0 Å². The summed E-state index contributed by atoms with van der Waals surface area (Å²) in [6.45, 7) is 4.42. The standard InChI is InChI=1S/C13H19N5O/c1-10(2)19-9-13(16-14)12-8-15-18(17-12)11-6-4-3-5-7-11/h3-8,10,13,16H,9,14H2,1-2H3. The van der Waals surface area contributed by atoms with Crippen molar-refractivity contribution in [2.45, 2.75) is 26.0 Å². The second kappa shape index (κ2) is 6.42. The second-order valence-corrected chi connectivity index (χ2v) is 4.50. The van der Waals surface area contributed by atoms with Crippen molar-refractivity contribution in [1.29, 1.82) is 0 Å². The maximum Gasteiger partial charge on any atom is 0.104 e. The lowest BCUT2D eigenvalue weighted by atomic mass is 10.2. The number of hydrogen-bond acceptors (Lipinski definition) is 5. The van der Waals surface area contributed by atoms with E-state index in [0.717, 1.165) is 11.4 Å². The maximum atomic E-state index is 5.54. The van der Waals surface area contributed by atoms with Gasteiger partial charge in [0, 0.05) is 0 Å². The number of hydrazine groups is 1. The van der Waals surface area contributed by atoms with Gasteiger partial charge >= 0.3 is 0 Å². The van der Waals surface area contributed by atoms with Gasteiger partial charge in [-0.3, -0.25) is 5.84 Å². The molecule has 0 aliphatic carbocycles. The zero-order valence-electron chi connectivity index (χ0n) is 11.2. The van der Waals surface area contributed by atoms with Crippen LogP contribution in [0.3, 0.4) is 0 Å². The lowest BCUT2D eigenvalue weighted by Gasteiger charge is -2.15. The van der Waals surface area contributed by atoms with E-state index in [1.807, 2.05) is 44.2 Å². The van der Waals surface area contributed by atoms with Gasteiger partial charge in [-0.05, 0) is 26.0 Å². The van der Waals surface area contributed by atoms with Crippen molar-refractivity contribution in [1.82, 2.24) is 20.4 Å². The molecule has 0 amide bonds. The number of aromatic nitrogens is 3. The van der Waals surface area contributed by atoms with Gasteiger partial charge in [-0.25, -0.2) is 5.43 Å². The maximum absolute atomic E-state index is 5.54. The van der Waals surface area contributed by atoms with Crippen LogP contribution in [0, 0.1) is 0 Å². The number of nitrogens with zero attached hydrogens (tertiary/aromatic N) is 3. The highest BCUT2D eigenvalue weighted by Crippen LogP contribution is 2.11. The molecule has 6 nitrogen and oxygen atoms in total. The number of nitrogens with two attached hydrogens (primary N) is 1. The van der Waals surface area contributed by atoms with Crippen LogP contribution in [-0.4, -0.2) is 27.7 Å². The summed E-state index contributed by atoms with van der Waals surface area (Å²) in [6, 6.07) is 9.56. The predicted molar refractivity (Wildman–Crippen MR) is 72.5 cm³/mol. The van der Waals surface area contributed by atoms with Crippen molar-refractivity contribution in [3.05, 3.63) is 42.2 Å². The van der Waals surface area contributed by atoms with E-state index in [0.29, 0.717) is 6.61 Å². The van der Waals surface area contributed by atoms with Crippen molar-refractivity contribution >= 4 is 0 Å². The molecular weight excluding hydrogens is 242 g/mol. The zero-order chi connectivity index (χ0) is 13.7. The molecule has 0 bridgehead atoms. The number of hydrogen-bond donors (Lipinski definition) is 2. The lowest BCUT2D eigenvalue weighted by molar-refractivity contribution is 0.0603.